The third-order valence-electron chi connectivity index (χ3n) is 9.04. The molecule has 184 valence electrons. The number of fused-ring (bicyclic) bond motifs is 8. The predicted octanol–water partition coefficient (Wildman–Crippen LogP) is 6.87. The molecule has 2 nitrogen and oxygen atoms in total. The van der Waals surface area contributed by atoms with Crippen LogP contribution in [0.2, 0.25) is 26.2 Å². The van der Waals surface area contributed by atoms with E-state index in [4.69, 9.17) is 4.74 Å². The van der Waals surface area contributed by atoms with Gasteiger partial charge in [0.1, 0.15) is 16.1 Å². The van der Waals surface area contributed by atoms with Crippen molar-refractivity contribution in [2.45, 2.75) is 26.2 Å². The minimum atomic E-state index is -1.81. The highest BCUT2D eigenvalue weighted by atomic mass is 28.3. The number of hydrogen-bond donors (Lipinski definition) is 0. The van der Waals surface area contributed by atoms with Gasteiger partial charge in [-0.05, 0) is 79.4 Å². The summed E-state index contributed by atoms with van der Waals surface area (Å²) in [6.45, 7) is 9.87. The van der Waals surface area contributed by atoms with Crippen LogP contribution >= 0.6 is 0 Å². The standard InChI is InChI=1S/C34H29NOSi2/c1-37(2)31-16-10-8-14-23(31)25-18-27-29(20-33(25)37)36-30-21-34-26(24-15-9-11-17-32(24)38(34,3)4)19-28(30)35(27)22-12-6-5-7-13-22/h5-21H,1-4H3. The van der Waals surface area contributed by atoms with Crippen molar-refractivity contribution in [3.63, 3.8) is 0 Å². The van der Waals surface area contributed by atoms with Crippen molar-refractivity contribution in [3.05, 3.63) is 103 Å². The molecule has 0 saturated carbocycles. The number of ether oxygens (including phenoxy) is 1. The summed E-state index contributed by atoms with van der Waals surface area (Å²) in [4.78, 5) is 2.42. The van der Waals surface area contributed by atoms with E-state index >= 15 is 0 Å². The van der Waals surface area contributed by atoms with Gasteiger partial charge in [-0.25, -0.2) is 0 Å². The average molecular weight is 524 g/mol. The van der Waals surface area contributed by atoms with Crippen LogP contribution in [0.5, 0.6) is 11.5 Å². The van der Waals surface area contributed by atoms with Crippen molar-refractivity contribution in [2.24, 2.45) is 0 Å². The molecule has 0 N–H and O–H groups in total. The molecule has 3 heterocycles. The summed E-state index contributed by atoms with van der Waals surface area (Å²) in [7, 11) is -3.62. The minimum Gasteiger partial charge on any atom is -0.453 e. The number of nitrogens with zero attached hydrogens (tertiary/aromatic N) is 1. The van der Waals surface area contributed by atoms with E-state index in [9.17, 15) is 0 Å². The number of anilines is 3. The van der Waals surface area contributed by atoms with E-state index in [0.717, 1.165) is 28.6 Å². The molecule has 5 aromatic carbocycles. The summed E-state index contributed by atoms with van der Waals surface area (Å²) in [5, 5.41) is 5.98. The van der Waals surface area contributed by atoms with E-state index in [1.807, 2.05) is 0 Å². The van der Waals surface area contributed by atoms with Gasteiger partial charge in [0.15, 0.2) is 11.5 Å². The van der Waals surface area contributed by atoms with Crippen molar-refractivity contribution in [1.82, 2.24) is 0 Å². The van der Waals surface area contributed by atoms with Crippen LogP contribution in [0.1, 0.15) is 0 Å². The molecule has 3 aliphatic heterocycles. The van der Waals surface area contributed by atoms with Gasteiger partial charge >= 0.3 is 0 Å². The third kappa shape index (κ3) is 2.77. The second-order valence-corrected chi connectivity index (χ2v) is 20.5. The molecule has 0 atom stereocenters. The first kappa shape index (κ1) is 22.1. The van der Waals surface area contributed by atoms with Crippen LogP contribution in [0, 0.1) is 0 Å². The Morgan fingerprint density at radius 2 is 0.921 bits per heavy atom. The third-order valence-corrected chi connectivity index (χ3v) is 16.1. The molecule has 0 saturated heterocycles. The number of hydrogen-bond acceptors (Lipinski definition) is 2. The Balaban J connectivity index is 1.41. The first-order valence-electron chi connectivity index (χ1n) is 13.5. The van der Waals surface area contributed by atoms with Crippen molar-refractivity contribution in [1.29, 1.82) is 0 Å². The van der Waals surface area contributed by atoms with Gasteiger partial charge in [-0.3, -0.25) is 0 Å². The molecule has 0 spiro atoms. The highest BCUT2D eigenvalue weighted by Gasteiger charge is 2.42. The van der Waals surface area contributed by atoms with Crippen molar-refractivity contribution in [3.8, 4) is 33.8 Å². The van der Waals surface area contributed by atoms with Crippen LogP contribution in [0.4, 0.5) is 17.1 Å². The monoisotopic (exact) mass is 523 g/mol. The fraction of sp³-hybridized carbons (Fsp3) is 0.118. The maximum Gasteiger partial charge on any atom is 0.151 e. The number of para-hydroxylation sites is 1. The molecule has 0 aliphatic carbocycles. The van der Waals surface area contributed by atoms with Gasteiger partial charge in [-0.15, -0.1) is 0 Å². The van der Waals surface area contributed by atoms with Crippen LogP contribution in [0.25, 0.3) is 22.3 Å². The molecule has 4 heteroatoms. The van der Waals surface area contributed by atoms with Crippen LogP contribution in [0.15, 0.2) is 103 Å². The largest absolute Gasteiger partial charge is 0.453 e. The topological polar surface area (TPSA) is 12.5 Å². The Bertz CT molecular complexity index is 1690. The zero-order valence-corrected chi connectivity index (χ0v) is 24.2. The average Bonchev–Trinajstić information content (AvgIpc) is 3.29. The lowest BCUT2D eigenvalue weighted by Crippen LogP contribution is -2.49. The molecule has 0 amide bonds. The number of benzene rings is 5. The molecule has 3 aliphatic rings. The Morgan fingerprint density at radius 1 is 0.474 bits per heavy atom. The molecule has 0 fully saturated rings. The first-order chi connectivity index (χ1) is 18.4. The Kier molecular flexibility index (Phi) is 4.30. The second kappa shape index (κ2) is 7.37. The van der Waals surface area contributed by atoms with Gasteiger partial charge in [0.25, 0.3) is 0 Å². The van der Waals surface area contributed by atoms with Crippen LogP contribution in [-0.4, -0.2) is 16.1 Å². The highest BCUT2D eigenvalue weighted by molar-refractivity contribution is 7.04. The Morgan fingerprint density at radius 3 is 1.42 bits per heavy atom. The van der Waals surface area contributed by atoms with E-state index < -0.39 is 16.1 Å². The summed E-state index contributed by atoms with van der Waals surface area (Å²) >= 11 is 0. The first-order valence-corrected chi connectivity index (χ1v) is 19.5. The molecule has 0 aromatic heterocycles. The fourth-order valence-corrected chi connectivity index (χ4v) is 13.2. The maximum absolute atomic E-state index is 6.87. The van der Waals surface area contributed by atoms with Crippen LogP contribution in [0.3, 0.4) is 0 Å². The van der Waals surface area contributed by atoms with Crippen LogP contribution < -0.4 is 30.4 Å². The molecule has 0 bridgehead atoms. The fourth-order valence-electron chi connectivity index (χ4n) is 7.05. The molecular formula is C34H29NOSi2. The van der Waals surface area contributed by atoms with Gasteiger partial charge in [-0.2, -0.15) is 0 Å². The maximum atomic E-state index is 6.87. The lowest BCUT2D eigenvalue weighted by atomic mass is 10.0. The molecule has 0 radical (unpaired) electrons. The quantitative estimate of drug-likeness (QED) is 0.218. The zero-order chi connectivity index (χ0) is 25.8. The Hall–Kier alpha value is -3.87. The summed E-state index contributed by atoms with van der Waals surface area (Å²) in [6.07, 6.45) is 0. The van der Waals surface area contributed by atoms with E-state index in [-0.39, 0.29) is 0 Å². The van der Waals surface area contributed by atoms with E-state index in [2.05, 4.69) is 134 Å². The smallest absolute Gasteiger partial charge is 0.151 e. The normalized spacial score (nSPS) is 16.5. The van der Waals surface area contributed by atoms with Crippen molar-refractivity contribution >= 4 is 54.0 Å². The molecule has 8 rings (SSSR count). The summed E-state index contributed by atoms with van der Waals surface area (Å²) in [6, 6.07) is 38.2. The molecule has 0 unspecified atom stereocenters. The molecule has 38 heavy (non-hydrogen) atoms. The van der Waals surface area contributed by atoms with Crippen molar-refractivity contribution < 1.29 is 4.74 Å². The number of rotatable bonds is 1. The highest BCUT2D eigenvalue weighted by Crippen LogP contribution is 2.53. The van der Waals surface area contributed by atoms with Gasteiger partial charge < -0.3 is 9.64 Å². The van der Waals surface area contributed by atoms with Crippen LogP contribution in [-0.2, 0) is 0 Å². The van der Waals surface area contributed by atoms with Gasteiger partial charge in [0.2, 0.25) is 0 Å². The predicted molar refractivity (Wildman–Crippen MR) is 166 cm³/mol. The lowest BCUT2D eigenvalue weighted by Gasteiger charge is -2.35. The van der Waals surface area contributed by atoms with Gasteiger partial charge in [0, 0.05) is 5.69 Å². The van der Waals surface area contributed by atoms with Gasteiger partial charge in [-0.1, -0.05) is 92.9 Å². The summed E-state index contributed by atoms with van der Waals surface area (Å²) in [5.74, 6) is 1.92. The van der Waals surface area contributed by atoms with Gasteiger partial charge in [0.05, 0.1) is 11.4 Å². The summed E-state index contributed by atoms with van der Waals surface area (Å²) in [5.41, 5.74) is 8.89. The molecular weight excluding hydrogens is 495 g/mol. The summed E-state index contributed by atoms with van der Waals surface area (Å²) < 4.78 is 6.87. The SMILES string of the molecule is C[Si]1(C)c2ccccc2-c2cc3c(cc21)Oc1cc2c(cc1N3c1ccccc1)-c1ccccc1[Si]2(C)C. The van der Waals surface area contributed by atoms with Crippen molar-refractivity contribution in [2.75, 3.05) is 4.90 Å². The molecule has 5 aromatic rings. The Labute approximate surface area is 226 Å². The second-order valence-electron chi connectivity index (χ2n) is 11.8. The van der Waals surface area contributed by atoms with E-state index in [1.54, 1.807) is 0 Å². The van der Waals surface area contributed by atoms with E-state index in [1.165, 1.54) is 43.0 Å². The minimum absolute atomic E-state index is 0.961. The lowest BCUT2D eigenvalue weighted by molar-refractivity contribution is 0.478. The zero-order valence-electron chi connectivity index (χ0n) is 22.2. The van der Waals surface area contributed by atoms with E-state index in [0.29, 0.717) is 0 Å².